The molecule has 0 saturated carbocycles. The maximum atomic E-state index is 11.9. The third kappa shape index (κ3) is 2.12. The number of nitrogens with zero attached hydrogens (tertiary/aromatic N) is 2. The Bertz CT molecular complexity index is 342. The summed E-state index contributed by atoms with van der Waals surface area (Å²) in [6.07, 6.45) is 0.127. The van der Waals surface area contributed by atoms with Crippen molar-refractivity contribution in [2.24, 2.45) is 0 Å². The van der Waals surface area contributed by atoms with Crippen molar-refractivity contribution in [3.05, 3.63) is 0 Å². The van der Waals surface area contributed by atoms with Gasteiger partial charge in [-0.25, -0.2) is 4.79 Å². The first-order valence-electron chi connectivity index (χ1n) is 5.44. The van der Waals surface area contributed by atoms with Crippen LogP contribution in [0, 0.1) is 11.3 Å². The molecule has 0 radical (unpaired) electrons. The van der Waals surface area contributed by atoms with E-state index in [1.807, 2.05) is 20.8 Å². The minimum absolute atomic E-state index is 0.0483. The Morgan fingerprint density at radius 1 is 1.62 bits per heavy atom. The highest BCUT2D eigenvalue weighted by Gasteiger charge is 2.56. The molecule has 2 aliphatic heterocycles. The Morgan fingerprint density at radius 3 is 2.88 bits per heavy atom. The van der Waals surface area contributed by atoms with Crippen LogP contribution in [-0.4, -0.2) is 41.4 Å². The average molecular weight is 224 g/mol. The predicted molar refractivity (Wildman–Crippen MR) is 55.6 cm³/mol. The number of amides is 1. The summed E-state index contributed by atoms with van der Waals surface area (Å²) in [6.45, 7) is 6.04. The number of rotatable bonds is 1. The fraction of sp³-hybridized carbons (Fsp3) is 0.818. The summed E-state index contributed by atoms with van der Waals surface area (Å²) in [6, 6.07) is 1.95. The van der Waals surface area contributed by atoms with Crippen molar-refractivity contribution in [3.63, 3.8) is 0 Å². The number of carbonyl (C=O) groups is 1. The summed E-state index contributed by atoms with van der Waals surface area (Å²) < 4.78 is 10.6. The first kappa shape index (κ1) is 11.2. The van der Waals surface area contributed by atoms with Crippen LogP contribution in [0.1, 0.15) is 27.2 Å². The van der Waals surface area contributed by atoms with E-state index in [1.165, 1.54) is 0 Å². The van der Waals surface area contributed by atoms with Crippen LogP contribution in [0.4, 0.5) is 4.79 Å². The Balaban J connectivity index is 1.99. The van der Waals surface area contributed by atoms with Crippen molar-refractivity contribution in [2.75, 3.05) is 6.54 Å². The first-order chi connectivity index (χ1) is 7.42. The van der Waals surface area contributed by atoms with E-state index in [4.69, 9.17) is 14.7 Å². The summed E-state index contributed by atoms with van der Waals surface area (Å²) in [5.74, 6) is 0. The third-order valence-electron chi connectivity index (χ3n) is 2.71. The van der Waals surface area contributed by atoms with Crippen LogP contribution in [0.3, 0.4) is 0 Å². The number of hydrogen-bond donors (Lipinski definition) is 0. The number of fused-ring (bicyclic) bond motifs is 1. The molecule has 2 heterocycles. The van der Waals surface area contributed by atoms with Gasteiger partial charge in [0.1, 0.15) is 17.8 Å². The molecule has 0 spiro atoms. The normalized spacial score (nSPS) is 31.9. The molecule has 5 nitrogen and oxygen atoms in total. The van der Waals surface area contributed by atoms with Crippen molar-refractivity contribution in [3.8, 4) is 6.07 Å². The van der Waals surface area contributed by atoms with Crippen LogP contribution in [0.25, 0.3) is 0 Å². The zero-order valence-corrected chi connectivity index (χ0v) is 9.77. The van der Waals surface area contributed by atoms with Crippen molar-refractivity contribution in [1.29, 1.82) is 5.26 Å². The molecule has 2 aliphatic rings. The number of morpholine rings is 1. The van der Waals surface area contributed by atoms with E-state index in [2.05, 4.69) is 6.07 Å². The summed E-state index contributed by atoms with van der Waals surface area (Å²) in [5.41, 5.74) is -0.498. The number of nitriles is 1. The summed E-state index contributed by atoms with van der Waals surface area (Å²) in [7, 11) is 0. The van der Waals surface area contributed by atoms with Gasteiger partial charge in [-0.05, 0) is 20.8 Å². The molecule has 0 aromatic carbocycles. The molecule has 2 fully saturated rings. The number of carbonyl (C=O) groups excluding carboxylic acids is 1. The van der Waals surface area contributed by atoms with E-state index in [1.54, 1.807) is 4.90 Å². The van der Waals surface area contributed by atoms with Gasteiger partial charge in [0.25, 0.3) is 0 Å². The van der Waals surface area contributed by atoms with Gasteiger partial charge < -0.3 is 9.47 Å². The molecule has 0 N–H and O–H groups in total. The van der Waals surface area contributed by atoms with Crippen molar-refractivity contribution < 1.29 is 14.3 Å². The number of likely N-dealkylation sites (tertiary alicyclic amines) is 1. The smallest absolute Gasteiger partial charge is 0.410 e. The van der Waals surface area contributed by atoms with Gasteiger partial charge in [-0.2, -0.15) is 5.26 Å². The van der Waals surface area contributed by atoms with Crippen LogP contribution >= 0.6 is 0 Å². The molecular weight excluding hydrogens is 208 g/mol. The minimum Gasteiger partial charge on any atom is -0.444 e. The lowest BCUT2D eigenvalue weighted by atomic mass is 10.1. The standard InChI is InChI=1S/C11H16N2O3/c1-11(2,3)16-10(14)13-6-8-9(15-8)7(13)4-5-12/h7-9H,4,6H2,1-3H3/t7-,8+,9-/m1/s1. The van der Waals surface area contributed by atoms with E-state index in [-0.39, 0.29) is 24.3 Å². The van der Waals surface area contributed by atoms with Gasteiger partial charge in [0, 0.05) is 0 Å². The SMILES string of the molecule is CC(C)(C)OC(=O)N1C[C@@H]2O[C@@H]2[C@H]1CC#N. The molecule has 1 amide bonds. The van der Waals surface area contributed by atoms with E-state index in [9.17, 15) is 4.79 Å². The monoisotopic (exact) mass is 224 g/mol. The van der Waals surface area contributed by atoms with Gasteiger partial charge in [-0.15, -0.1) is 0 Å². The average Bonchev–Trinajstić information content (AvgIpc) is 2.81. The van der Waals surface area contributed by atoms with E-state index < -0.39 is 5.60 Å². The Labute approximate surface area is 94.9 Å². The highest BCUT2D eigenvalue weighted by molar-refractivity contribution is 5.69. The third-order valence-corrected chi connectivity index (χ3v) is 2.71. The van der Waals surface area contributed by atoms with Crippen LogP contribution in [-0.2, 0) is 9.47 Å². The van der Waals surface area contributed by atoms with Crippen LogP contribution in [0.5, 0.6) is 0 Å². The maximum Gasteiger partial charge on any atom is 0.410 e. The molecule has 0 aromatic rings. The Hall–Kier alpha value is -1.28. The Morgan fingerprint density at radius 2 is 2.31 bits per heavy atom. The first-order valence-corrected chi connectivity index (χ1v) is 5.44. The molecule has 3 atom stereocenters. The number of ether oxygens (including phenoxy) is 2. The lowest BCUT2D eigenvalue weighted by molar-refractivity contribution is 0.0129. The predicted octanol–water partition coefficient (Wildman–Crippen LogP) is 1.29. The van der Waals surface area contributed by atoms with E-state index in [0.29, 0.717) is 13.0 Å². The van der Waals surface area contributed by atoms with Gasteiger partial charge >= 0.3 is 6.09 Å². The molecule has 0 unspecified atom stereocenters. The maximum absolute atomic E-state index is 11.9. The van der Waals surface area contributed by atoms with Crippen LogP contribution in [0.15, 0.2) is 0 Å². The molecule has 2 rings (SSSR count). The summed E-state index contributed by atoms with van der Waals surface area (Å²) in [5, 5.41) is 8.71. The summed E-state index contributed by atoms with van der Waals surface area (Å²) in [4.78, 5) is 13.5. The van der Waals surface area contributed by atoms with E-state index >= 15 is 0 Å². The largest absolute Gasteiger partial charge is 0.444 e. The van der Waals surface area contributed by atoms with Crippen molar-refractivity contribution in [1.82, 2.24) is 4.90 Å². The van der Waals surface area contributed by atoms with Gasteiger partial charge in [0.05, 0.1) is 25.1 Å². The molecule has 0 aromatic heterocycles. The second kappa shape index (κ2) is 3.63. The molecule has 2 saturated heterocycles. The van der Waals surface area contributed by atoms with Crippen molar-refractivity contribution >= 4 is 6.09 Å². The highest BCUT2D eigenvalue weighted by atomic mass is 16.6. The molecule has 5 heteroatoms. The highest BCUT2D eigenvalue weighted by Crippen LogP contribution is 2.38. The van der Waals surface area contributed by atoms with Crippen LogP contribution in [0.2, 0.25) is 0 Å². The molecule has 0 aliphatic carbocycles. The zero-order chi connectivity index (χ0) is 11.9. The molecule has 0 bridgehead atoms. The number of hydrogen-bond acceptors (Lipinski definition) is 4. The fourth-order valence-electron chi connectivity index (χ4n) is 2.00. The second-order valence-electron chi connectivity index (χ2n) is 5.20. The topological polar surface area (TPSA) is 65.9 Å². The molecule has 16 heavy (non-hydrogen) atoms. The van der Waals surface area contributed by atoms with E-state index in [0.717, 1.165) is 0 Å². The zero-order valence-electron chi connectivity index (χ0n) is 9.77. The lowest BCUT2D eigenvalue weighted by Crippen LogP contribution is -2.42. The second-order valence-corrected chi connectivity index (χ2v) is 5.20. The molecule has 88 valence electrons. The summed E-state index contributed by atoms with van der Waals surface area (Å²) >= 11 is 0. The van der Waals surface area contributed by atoms with Gasteiger partial charge in [0.2, 0.25) is 0 Å². The van der Waals surface area contributed by atoms with Gasteiger partial charge in [-0.3, -0.25) is 4.90 Å². The molecular formula is C11H16N2O3. The van der Waals surface area contributed by atoms with Crippen LogP contribution < -0.4 is 0 Å². The lowest BCUT2D eigenvalue weighted by Gasteiger charge is -2.28. The minimum atomic E-state index is -0.498. The van der Waals surface area contributed by atoms with Crippen molar-refractivity contribution in [2.45, 2.75) is 51.0 Å². The van der Waals surface area contributed by atoms with Gasteiger partial charge in [-0.1, -0.05) is 0 Å². The Kier molecular flexibility index (Phi) is 2.55. The quantitative estimate of drug-likeness (QED) is 0.629. The van der Waals surface area contributed by atoms with Gasteiger partial charge in [0.15, 0.2) is 0 Å². The fourth-order valence-corrected chi connectivity index (χ4v) is 2.00. The number of epoxide rings is 1.